The molecule has 94 valence electrons. The molecular formula is C15H15F2N. The van der Waals surface area contributed by atoms with E-state index in [1.54, 1.807) is 18.2 Å². The summed E-state index contributed by atoms with van der Waals surface area (Å²) in [4.78, 5) is 0. The topological polar surface area (TPSA) is 12.0 Å². The Kier molecular flexibility index (Phi) is 4.05. The summed E-state index contributed by atoms with van der Waals surface area (Å²) in [6, 6.07) is 13.0. The monoisotopic (exact) mass is 247 g/mol. The van der Waals surface area contributed by atoms with Crippen molar-refractivity contribution in [3.05, 3.63) is 71.3 Å². The second-order valence-corrected chi connectivity index (χ2v) is 4.28. The molecule has 2 aromatic carbocycles. The van der Waals surface area contributed by atoms with E-state index in [1.807, 2.05) is 13.0 Å². The van der Waals surface area contributed by atoms with Gasteiger partial charge in [0.2, 0.25) is 0 Å². The zero-order valence-corrected chi connectivity index (χ0v) is 10.2. The third-order valence-corrected chi connectivity index (χ3v) is 2.87. The van der Waals surface area contributed by atoms with E-state index >= 15 is 0 Å². The fourth-order valence-corrected chi connectivity index (χ4v) is 1.79. The van der Waals surface area contributed by atoms with Gasteiger partial charge in [-0.25, -0.2) is 8.78 Å². The van der Waals surface area contributed by atoms with Gasteiger partial charge < -0.3 is 5.32 Å². The van der Waals surface area contributed by atoms with Gasteiger partial charge >= 0.3 is 0 Å². The van der Waals surface area contributed by atoms with Crippen molar-refractivity contribution >= 4 is 0 Å². The molecule has 3 heteroatoms. The zero-order chi connectivity index (χ0) is 13.0. The van der Waals surface area contributed by atoms with Crippen LogP contribution in [-0.4, -0.2) is 0 Å². The van der Waals surface area contributed by atoms with Crippen molar-refractivity contribution in [1.82, 2.24) is 5.32 Å². The fourth-order valence-electron chi connectivity index (χ4n) is 1.79. The van der Waals surface area contributed by atoms with E-state index in [1.165, 1.54) is 24.3 Å². The number of rotatable bonds is 4. The Bertz CT molecular complexity index is 508. The first-order valence-corrected chi connectivity index (χ1v) is 5.88. The second-order valence-electron chi connectivity index (χ2n) is 4.28. The predicted molar refractivity (Wildman–Crippen MR) is 68.1 cm³/mol. The van der Waals surface area contributed by atoms with Gasteiger partial charge in [0.25, 0.3) is 0 Å². The van der Waals surface area contributed by atoms with Crippen LogP contribution in [0.2, 0.25) is 0 Å². The van der Waals surface area contributed by atoms with Crippen LogP contribution in [-0.2, 0) is 6.54 Å². The van der Waals surface area contributed by atoms with Gasteiger partial charge in [0.15, 0.2) is 0 Å². The summed E-state index contributed by atoms with van der Waals surface area (Å²) < 4.78 is 25.8. The second kappa shape index (κ2) is 5.74. The predicted octanol–water partition coefficient (Wildman–Crippen LogP) is 3.82. The van der Waals surface area contributed by atoms with Gasteiger partial charge in [0, 0.05) is 12.6 Å². The summed E-state index contributed by atoms with van der Waals surface area (Å²) in [6.45, 7) is 2.57. The molecule has 2 rings (SSSR count). The highest BCUT2D eigenvalue weighted by Crippen LogP contribution is 2.14. The standard InChI is InChI=1S/C15H15F2N/c1-11(13-5-7-14(16)8-6-13)18-10-12-3-2-4-15(17)9-12/h2-9,11,18H,10H2,1H3. The van der Waals surface area contributed by atoms with Gasteiger partial charge in [-0.2, -0.15) is 0 Å². The molecule has 0 fully saturated rings. The summed E-state index contributed by atoms with van der Waals surface area (Å²) in [5, 5.41) is 3.27. The Balaban J connectivity index is 1.96. The first-order valence-electron chi connectivity index (χ1n) is 5.88. The third-order valence-electron chi connectivity index (χ3n) is 2.87. The molecule has 0 saturated carbocycles. The van der Waals surface area contributed by atoms with E-state index in [2.05, 4.69) is 5.32 Å². The Labute approximate surface area is 105 Å². The number of nitrogens with one attached hydrogen (secondary N) is 1. The van der Waals surface area contributed by atoms with Crippen molar-refractivity contribution in [3.63, 3.8) is 0 Å². The molecule has 0 saturated heterocycles. The average molecular weight is 247 g/mol. The van der Waals surface area contributed by atoms with Crippen LogP contribution >= 0.6 is 0 Å². The Morgan fingerprint density at radius 1 is 1.00 bits per heavy atom. The van der Waals surface area contributed by atoms with Crippen molar-refractivity contribution in [2.45, 2.75) is 19.5 Å². The molecule has 0 aliphatic rings. The van der Waals surface area contributed by atoms with E-state index in [4.69, 9.17) is 0 Å². The lowest BCUT2D eigenvalue weighted by Gasteiger charge is -2.14. The summed E-state index contributed by atoms with van der Waals surface area (Å²) in [5.41, 5.74) is 1.90. The van der Waals surface area contributed by atoms with Crippen LogP contribution in [0.25, 0.3) is 0 Å². The van der Waals surface area contributed by atoms with Gasteiger partial charge in [0.05, 0.1) is 0 Å². The van der Waals surface area contributed by atoms with Crippen LogP contribution in [0.3, 0.4) is 0 Å². The Morgan fingerprint density at radius 2 is 1.72 bits per heavy atom. The van der Waals surface area contributed by atoms with Crippen molar-refractivity contribution in [1.29, 1.82) is 0 Å². The number of benzene rings is 2. The normalized spacial score (nSPS) is 12.4. The van der Waals surface area contributed by atoms with E-state index in [0.29, 0.717) is 6.54 Å². The highest BCUT2D eigenvalue weighted by atomic mass is 19.1. The van der Waals surface area contributed by atoms with Gasteiger partial charge in [-0.3, -0.25) is 0 Å². The van der Waals surface area contributed by atoms with Crippen LogP contribution in [0, 0.1) is 11.6 Å². The lowest BCUT2D eigenvalue weighted by atomic mass is 10.1. The van der Waals surface area contributed by atoms with Crippen LogP contribution in [0.4, 0.5) is 8.78 Å². The average Bonchev–Trinajstić information content (AvgIpc) is 2.37. The highest BCUT2D eigenvalue weighted by molar-refractivity contribution is 5.20. The van der Waals surface area contributed by atoms with E-state index < -0.39 is 0 Å². The summed E-state index contributed by atoms with van der Waals surface area (Å²) in [7, 11) is 0. The largest absolute Gasteiger partial charge is 0.306 e. The van der Waals surface area contributed by atoms with E-state index in [-0.39, 0.29) is 17.7 Å². The van der Waals surface area contributed by atoms with Crippen LogP contribution in [0.1, 0.15) is 24.1 Å². The fraction of sp³-hybridized carbons (Fsp3) is 0.200. The molecule has 0 bridgehead atoms. The third kappa shape index (κ3) is 3.37. The molecule has 18 heavy (non-hydrogen) atoms. The lowest BCUT2D eigenvalue weighted by molar-refractivity contribution is 0.566. The van der Waals surface area contributed by atoms with Crippen molar-refractivity contribution in [2.24, 2.45) is 0 Å². The lowest BCUT2D eigenvalue weighted by Crippen LogP contribution is -2.18. The van der Waals surface area contributed by atoms with Gasteiger partial charge in [0.1, 0.15) is 11.6 Å². The minimum atomic E-state index is -0.240. The van der Waals surface area contributed by atoms with Gasteiger partial charge in [-0.1, -0.05) is 24.3 Å². The maximum absolute atomic E-state index is 13.0. The minimum absolute atomic E-state index is 0.0915. The van der Waals surface area contributed by atoms with E-state index in [9.17, 15) is 8.78 Å². The van der Waals surface area contributed by atoms with Crippen LogP contribution < -0.4 is 5.32 Å². The molecule has 0 aromatic heterocycles. The highest BCUT2D eigenvalue weighted by Gasteiger charge is 2.05. The first kappa shape index (κ1) is 12.7. The molecule has 1 nitrogen and oxygen atoms in total. The SMILES string of the molecule is CC(NCc1cccc(F)c1)c1ccc(F)cc1. The molecule has 0 aliphatic carbocycles. The Morgan fingerprint density at radius 3 is 2.39 bits per heavy atom. The van der Waals surface area contributed by atoms with Crippen molar-refractivity contribution in [2.75, 3.05) is 0 Å². The first-order chi connectivity index (χ1) is 8.65. The molecule has 0 amide bonds. The van der Waals surface area contributed by atoms with Gasteiger partial charge in [-0.15, -0.1) is 0 Å². The molecule has 1 N–H and O–H groups in total. The van der Waals surface area contributed by atoms with Crippen molar-refractivity contribution < 1.29 is 8.78 Å². The maximum atomic E-state index is 13.0. The quantitative estimate of drug-likeness (QED) is 0.866. The minimum Gasteiger partial charge on any atom is -0.306 e. The molecule has 0 heterocycles. The van der Waals surface area contributed by atoms with Crippen LogP contribution in [0.15, 0.2) is 48.5 Å². The molecule has 1 atom stereocenters. The van der Waals surface area contributed by atoms with Crippen molar-refractivity contribution in [3.8, 4) is 0 Å². The molecular weight excluding hydrogens is 232 g/mol. The molecule has 0 aliphatic heterocycles. The van der Waals surface area contributed by atoms with Gasteiger partial charge in [-0.05, 0) is 42.3 Å². The smallest absolute Gasteiger partial charge is 0.123 e. The molecule has 2 aromatic rings. The molecule has 0 spiro atoms. The molecule has 0 radical (unpaired) electrons. The Hall–Kier alpha value is -1.74. The summed E-state index contributed by atoms with van der Waals surface area (Å²) in [5.74, 6) is -0.472. The number of hydrogen-bond donors (Lipinski definition) is 1. The van der Waals surface area contributed by atoms with E-state index in [0.717, 1.165) is 11.1 Å². The summed E-state index contributed by atoms with van der Waals surface area (Å²) in [6.07, 6.45) is 0. The maximum Gasteiger partial charge on any atom is 0.123 e. The van der Waals surface area contributed by atoms with Crippen LogP contribution in [0.5, 0.6) is 0 Å². The number of hydrogen-bond acceptors (Lipinski definition) is 1. The molecule has 1 unspecified atom stereocenters. The number of halogens is 2. The zero-order valence-electron chi connectivity index (χ0n) is 10.2. The summed E-state index contributed by atoms with van der Waals surface area (Å²) >= 11 is 0.